The van der Waals surface area contributed by atoms with Crippen molar-refractivity contribution < 1.29 is 9.47 Å². The van der Waals surface area contributed by atoms with Gasteiger partial charge in [0.15, 0.2) is 5.96 Å². The van der Waals surface area contributed by atoms with Gasteiger partial charge in [-0.15, -0.1) is 24.0 Å². The molecule has 0 radical (unpaired) electrons. The molecule has 0 bridgehead atoms. The molecule has 0 aromatic carbocycles. The molecule has 1 heterocycles. The lowest BCUT2D eigenvalue weighted by molar-refractivity contribution is 0.0347. The van der Waals surface area contributed by atoms with Crippen LogP contribution in [0, 0.1) is 5.41 Å². The Labute approximate surface area is 152 Å². The summed E-state index contributed by atoms with van der Waals surface area (Å²) in [7, 11) is 1.82. The number of rotatable bonds is 6. The number of nitrogens with zero attached hydrogens (tertiary/aromatic N) is 1. The summed E-state index contributed by atoms with van der Waals surface area (Å²) in [5.74, 6) is 0.877. The topological polar surface area (TPSA) is 54.9 Å². The molecule has 2 atom stereocenters. The first-order chi connectivity index (χ1) is 10.1. The van der Waals surface area contributed by atoms with E-state index < -0.39 is 0 Å². The van der Waals surface area contributed by atoms with E-state index in [4.69, 9.17) is 9.47 Å². The minimum atomic E-state index is 0. The van der Waals surface area contributed by atoms with Crippen LogP contribution in [0.3, 0.4) is 0 Å². The van der Waals surface area contributed by atoms with Gasteiger partial charge in [-0.3, -0.25) is 4.99 Å². The van der Waals surface area contributed by atoms with Crippen LogP contribution in [0.4, 0.5) is 0 Å². The van der Waals surface area contributed by atoms with Crippen molar-refractivity contribution in [3.8, 4) is 0 Å². The van der Waals surface area contributed by atoms with Crippen LogP contribution in [0.25, 0.3) is 0 Å². The fourth-order valence-electron chi connectivity index (χ4n) is 3.10. The van der Waals surface area contributed by atoms with E-state index >= 15 is 0 Å². The zero-order valence-electron chi connectivity index (χ0n) is 14.2. The lowest BCUT2D eigenvalue weighted by Crippen LogP contribution is -2.47. The van der Waals surface area contributed by atoms with Crippen LogP contribution in [0.1, 0.15) is 46.0 Å². The number of aliphatic imine (C=N–C) groups is 1. The molecule has 22 heavy (non-hydrogen) atoms. The molecule has 1 saturated carbocycles. The Morgan fingerprint density at radius 3 is 2.73 bits per heavy atom. The Kier molecular flexibility index (Phi) is 9.01. The SMILES string of the molecule is CN=C(NCC1(C)CCCC1)NC(C)COC1CCOC1.I. The van der Waals surface area contributed by atoms with Crippen molar-refractivity contribution in [2.45, 2.75) is 58.1 Å². The fraction of sp³-hybridized carbons (Fsp3) is 0.938. The molecule has 0 spiro atoms. The smallest absolute Gasteiger partial charge is 0.191 e. The molecule has 1 aliphatic heterocycles. The number of halogens is 1. The van der Waals surface area contributed by atoms with Crippen molar-refractivity contribution >= 4 is 29.9 Å². The highest BCUT2D eigenvalue weighted by Gasteiger charge is 2.28. The Bertz CT molecular complexity index is 340. The summed E-state index contributed by atoms with van der Waals surface area (Å²) < 4.78 is 11.2. The molecule has 2 rings (SSSR count). The predicted octanol–water partition coefficient (Wildman–Crippen LogP) is 2.54. The third-order valence-electron chi connectivity index (χ3n) is 4.57. The Hall–Kier alpha value is -0.0800. The van der Waals surface area contributed by atoms with Gasteiger partial charge in [-0.2, -0.15) is 0 Å². The van der Waals surface area contributed by atoms with Crippen molar-refractivity contribution in [1.29, 1.82) is 0 Å². The standard InChI is InChI=1S/C16H31N3O2.HI/c1-13(10-21-14-6-9-20-11-14)19-15(17-3)18-12-16(2)7-4-5-8-16;/h13-14H,4-12H2,1-3H3,(H2,17,18,19);1H. The summed E-state index contributed by atoms with van der Waals surface area (Å²) in [6.07, 6.45) is 6.63. The minimum absolute atomic E-state index is 0. The second-order valence-corrected chi connectivity index (χ2v) is 6.81. The van der Waals surface area contributed by atoms with Gasteiger partial charge < -0.3 is 20.1 Å². The van der Waals surface area contributed by atoms with Crippen LogP contribution in [0.2, 0.25) is 0 Å². The lowest BCUT2D eigenvalue weighted by Gasteiger charge is -2.26. The maximum Gasteiger partial charge on any atom is 0.191 e. The number of hydrogen-bond donors (Lipinski definition) is 2. The molecule has 0 amide bonds. The quantitative estimate of drug-likeness (QED) is 0.390. The molecule has 2 aliphatic rings. The average molecular weight is 425 g/mol. The summed E-state index contributed by atoms with van der Waals surface area (Å²) >= 11 is 0. The van der Waals surface area contributed by atoms with Crippen LogP contribution in [0.15, 0.2) is 4.99 Å². The molecule has 0 aromatic heterocycles. The van der Waals surface area contributed by atoms with E-state index in [-0.39, 0.29) is 36.1 Å². The van der Waals surface area contributed by atoms with Gasteiger partial charge in [0.25, 0.3) is 0 Å². The normalized spacial score (nSPS) is 25.6. The molecule has 0 aromatic rings. The molecule has 2 unspecified atom stereocenters. The van der Waals surface area contributed by atoms with E-state index in [0.717, 1.165) is 32.1 Å². The summed E-state index contributed by atoms with van der Waals surface area (Å²) in [5, 5.41) is 6.87. The van der Waals surface area contributed by atoms with Crippen molar-refractivity contribution in [2.24, 2.45) is 10.4 Å². The van der Waals surface area contributed by atoms with Gasteiger partial charge in [-0.1, -0.05) is 19.8 Å². The van der Waals surface area contributed by atoms with Gasteiger partial charge in [-0.25, -0.2) is 0 Å². The van der Waals surface area contributed by atoms with Crippen molar-refractivity contribution in [3.63, 3.8) is 0 Å². The Balaban J connectivity index is 0.00000242. The van der Waals surface area contributed by atoms with Gasteiger partial charge in [-0.05, 0) is 31.6 Å². The minimum Gasteiger partial charge on any atom is -0.379 e. The molecule has 5 nitrogen and oxygen atoms in total. The lowest BCUT2D eigenvalue weighted by atomic mass is 9.89. The van der Waals surface area contributed by atoms with Crippen molar-refractivity contribution in [2.75, 3.05) is 33.4 Å². The average Bonchev–Trinajstić information content (AvgIpc) is 3.13. The Morgan fingerprint density at radius 1 is 1.41 bits per heavy atom. The van der Waals surface area contributed by atoms with Crippen LogP contribution in [-0.4, -0.2) is 51.5 Å². The molecule has 1 saturated heterocycles. The van der Waals surface area contributed by atoms with Crippen molar-refractivity contribution in [3.05, 3.63) is 0 Å². The number of hydrogen-bond acceptors (Lipinski definition) is 3. The number of guanidine groups is 1. The third kappa shape index (κ3) is 6.58. The third-order valence-corrected chi connectivity index (χ3v) is 4.57. The summed E-state index contributed by atoms with van der Waals surface area (Å²) in [4.78, 5) is 4.31. The summed E-state index contributed by atoms with van der Waals surface area (Å²) in [5.41, 5.74) is 0.429. The Morgan fingerprint density at radius 2 is 2.14 bits per heavy atom. The van der Waals surface area contributed by atoms with E-state index in [0.29, 0.717) is 12.0 Å². The van der Waals surface area contributed by atoms with Gasteiger partial charge in [0, 0.05) is 26.2 Å². The highest BCUT2D eigenvalue weighted by atomic mass is 127. The fourth-order valence-corrected chi connectivity index (χ4v) is 3.10. The zero-order chi connectivity index (χ0) is 15.1. The van der Waals surface area contributed by atoms with Crippen LogP contribution in [-0.2, 0) is 9.47 Å². The maximum absolute atomic E-state index is 5.84. The number of ether oxygens (including phenoxy) is 2. The zero-order valence-corrected chi connectivity index (χ0v) is 16.5. The molecule has 2 N–H and O–H groups in total. The predicted molar refractivity (Wildman–Crippen MR) is 101 cm³/mol. The molecule has 130 valence electrons. The van der Waals surface area contributed by atoms with Crippen LogP contribution in [0.5, 0.6) is 0 Å². The van der Waals surface area contributed by atoms with E-state index in [1.807, 2.05) is 7.05 Å². The molecule has 6 heteroatoms. The molecule has 2 fully saturated rings. The molecular formula is C16H32IN3O2. The highest BCUT2D eigenvalue weighted by Crippen LogP contribution is 2.36. The van der Waals surface area contributed by atoms with Gasteiger partial charge in [0.05, 0.1) is 19.3 Å². The monoisotopic (exact) mass is 425 g/mol. The second-order valence-electron chi connectivity index (χ2n) is 6.81. The first-order valence-electron chi connectivity index (χ1n) is 8.28. The van der Waals surface area contributed by atoms with Gasteiger partial charge in [0.1, 0.15) is 0 Å². The first-order valence-corrected chi connectivity index (χ1v) is 8.28. The maximum atomic E-state index is 5.84. The van der Waals surface area contributed by atoms with Gasteiger partial charge >= 0.3 is 0 Å². The van der Waals surface area contributed by atoms with E-state index in [9.17, 15) is 0 Å². The summed E-state index contributed by atoms with van der Waals surface area (Å²) in [6.45, 7) is 7.74. The summed E-state index contributed by atoms with van der Waals surface area (Å²) in [6, 6.07) is 0.244. The molecular weight excluding hydrogens is 393 g/mol. The van der Waals surface area contributed by atoms with E-state index in [1.165, 1.54) is 25.7 Å². The number of nitrogens with one attached hydrogen (secondary N) is 2. The van der Waals surface area contributed by atoms with Crippen LogP contribution < -0.4 is 10.6 Å². The highest BCUT2D eigenvalue weighted by molar-refractivity contribution is 14.0. The van der Waals surface area contributed by atoms with E-state index in [2.05, 4.69) is 29.5 Å². The van der Waals surface area contributed by atoms with Crippen molar-refractivity contribution in [1.82, 2.24) is 10.6 Å². The largest absolute Gasteiger partial charge is 0.379 e. The van der Waals surface area contributed by atoms with Gasteiger partial charge in [0.2, 0.25) is 0 Å². The first kappa shape index (κ1) is 20.0. The van der Waals surface area contributed by atoms with Crippen LogP contribution >= 0.6 is 24.0 Å². The van der Waals surface area contributed by atoms with E-state index in [1.54, 1.807) is 0 Å². The second kappa shape index (κ2) is 9.93. The molecule has 1 aliphatic carbocycles.